The molecule has 3 aromatic carbocycles. The van der Waals surface area contributed by atoms with Crippen LogP contribution in [-0.4, -0.2) is 20.6 Å². The molecule has 0 radical (unpaired) electrons. The van der Waals surface area contributed by atoms with E-state index >= 15 is 0 Å². The van der Waals surface area contributed by atoms with Crippen LogP contribution >= 0.6 is 11.3 Å². The second-order valence-electron chi connectivity index (χ2n) is 7.30. The molecule has 4 rings (SSSR count). The number of halogens is 2. The Bertz CT molecular complexity index is 1460. The zero-order valence-corrected chi connectivity index (χ0v) is 18.7. The molecular weight excluding hydrogens is 454 g/mol. The number of amides is 1. The zero-order valence-electron chi connectivity index (χ0n) is 17.1. The van der Waals surface area contributed by atoms with E-state index in [4.69, 9.17) is 0 Å². The monoisotopic (exact) mass is 472 g/mol. The van der Waals surface area contributed by atoms with E-state index in [0.29, 0.717) is 21.8 Å². The Morgan fingerprint density at radius 2 is 1.75 bits per heavy atom. The van der Waals surface area contributed by atoms with E-state index in [-0.39, 0.29) is 11.5 Å². The molecule has 0 saturated heterocycles. The fraction of sp³-hybridized carbons (Fsp3) is 0.0870. The topological polar surface area (TPSA) is 75.3 Å². The molecular formula is C23H18F2N2O3S2. The number of rotatable bonds is 5. The first-order valence-corrected chi connectivity index (χ1v) is 12.2. The van der Waals surface area contributed by atoms with Gasteiger partial charge in [-0.15, -0.1) is 11.3 Å². The third-order valence-corrected chi connectivity index (χ3v) is 6.69. The van der Waals surface area contributed by atoms with Crippen LogP contribution in [0.3, 0.4) is 0 Å². The predicted octanol–water partition coefficient (Wildman–Crippen LogP) is 5.78. The number of nitrogens with one attached hydrogen (secondary N) is 2. The molecule has 1 amide bonds. The van der Waals surface area contributed by atoms with Crippen molar-refractivity contribution in [2.45, 2.75) is 6.92 Å². The van der Waals surface area contributed by atoms with Crippen LogP contribution in [0.1, 0.15) is 15.2 Å². The van der Waals surface area contributed by atoms with Crippen molar-refractivity contribution in [2.24, 2.45) is 0 Å². The molecule has 1 aromatic heterocycles. The Balaban J connectivity index is 1.62. The van der Waals surface area contributed by atoms with Crippen LogP contribution in [-0.2, 0) is 10.0 Å². The molecule has 5 nitrogen and oxygen atoms in total. The van der Waals surface area contributed by atoms with Crippen LogP contribution in [0.25, 0.3) is 21.2 Å². The molecule has 0 aliphatic carbocycles. The average molecular weight is 473 g/mol. The second-order valence-corrected chi connectivity index (χ2v) is 10.1. The van der Waals surface area contributed by atoms with Crippen LogP contribution < -0.4 is 10.0 Å². The predicted molar refractivity (Wildman–Crippen MR) is 125 cm³/mol. The molecule has 4 aromatic rings. The second kappa shape index (κ2) is 8.33. The molecule has 0 atom stereocenters. The highest BCUT2D eigenvalue weighted by atomic mass is 32.2. The lowest BCUT2D eigenvalue weighted by Gasteiger charge is -2.08. The summed E-state index contributed by atoms with van der Waals surface area (Å²) in [5, 5.41) is 3.59. The summed E-state index contributed by atoms with van der Waals surface area (Å²) in [4.78, 5) is 13.4. The van der Waals surface area contributed by atoms with Crippen molar-refractivity contribution in [3.05, 3.63) is 82.7 Å². The number of hydrogen-bond donors (Lipinski definition) is 2. The summed E-state index contributed by atoms with van der Waals surface area (Å²) in [7, 11) is -3.41. The summed E-state index contributed by atoms with van der Waals surface area (Å²) in [5.74, 6) is -1.68. The number of carbonyl (C=O) groups is 1. The van der Waals surface area contributed by atoms with Crippen molar-refractivity contribution in [3.8, 4) is 11.1 Å². The van der Waals surface area contributed by atoms with E-state index in [1.165, 1.54) is 23.5 Å². The SMILES string of the molecule is Cc1c(C(=O)Nc2cccc(-c3ccc(F)cc3F)c2)sc2ccc(NS(C)(=O)=O)cc12. The van der Waals surface area contributed by atoms with Gasteiger partial charge in [0.2, 0.25) is 10.0 Å². The van der Waals surface area contributed by atoms with Gasteiger partial charge in [0.1, 0.15) is 11.6 Å². The molecule has 9 heteroatoms. The van der Waals surface area contributed by atoms with E-state index < -0.39 is 21.7 Å². The molecule has 0 spiro atoms. The van der Waals surface area contributed by atoms with E-state index in [1.54, 1.807) is 49.4 Å². The zero-order chi connectivity index (χ0) is 23.0. The standard InChI is InChI=1S/C23H18F2N2O3S2/c1-13-19-12-17(27-32(2,29)30)7-9-21(19)31-22(13)23(28)26-16-5-3-4-14(10-16)18-8-6-15(24)11-20(18)25/h3-12,27H,1-2H3,(H,26,28). The van der Waals surface area contributed by atoms with Crippen molar-refractivity contribution < 1.29 is 22.0 Å². The van der Waals surface area contributed by atoms with Crippen LogP contribution in [0.15, 0.2) is 60.7 Å². The van der Waals surface area contributed by atoms with Gasteiger partial charge in [0.25, 0.3) is 5.91 Å². The number of hydrogen-bond acceptors (Lipinski definition) is 4. The number of aryl methyl sites for hydroxylation is 1. The normalized spacial score (nSPS) is 11.5. The van der Waals surface area contributed by atoms with Gasteiger partial charge < -0.3 is 5.32 Å². The highest BCUT2D eigenvalue weighted by molar-refractivity contribution is 7.92. The summed E-state index contributed by atoms with van der Waals surface area (Å²) in [6.45, 7) is 1.79. The van der Waals surface area contributed by atoms with Gasteiger partial charge in [-0.1, -0.05) is 12.1 Å². The van der Waals surface area contributed by atoms with Crippen LogP contribution in [0.2, 0.25) is 0 Å². The minimum absolute atomic E-state index is 0.228. The molecule has 0 aliphatic rings. The Kier molecular flexibility index (Phi) is 5.70. The van der Waals surface area contributed by atoms with Crippen LogP contribution in [0.5, 0.6) is 0 Å². The maximum atomic E-state index is 14.1. The number of anilines is 2. The number of benzene rings is 3. The van der Waals surface area contributed by atoms with Crippen molar-refractivity contribution in [2.75, 3.05) is 16.3 Å². The quantitative estimate of drug-likeness (QED) is 0.387. The lowest BCUT2D eigenvalue weighted by Crippen LogP contribution is -2.11. The molecule has 0 unspecified atom stereocenters. The molecule has 0 saturated carbocycles. The summed E-state index contributed by atoms with van der Waals surface area (Å²) in [6, 6.07) is 15.1. The Morgan fingerprint density at radius 3 is 2.47 bits per heavy atom. The number of sulfonamides is 1. The average Bonchev–Trinajstić information content (AvgIpc) is 3.03. The molecule has 0 aliphatic heterocycles. The van der Waals surface area contributed by atoms with Gasteiger partial charge in [0.05, 0.1) is 11.1 Å². The van der Waals surface area contributed by atoms with Gasteiger partial charge in [-0.2, -0.15) is 0 Å². The largest absolute Gasteiger partial charge is 0.321 e. The van der Waals surface area contributed by atoms with Crippen molar-refractivity contribution in [3.63, 3.8) is 0 Å². The van der Waals surface area contributed by atoms with Crippen molar-refractivity contribution in [1.82, 2.24) is 0 Å². The molecule has 2 N–H and O–H groups in total. The van der Waals surface area contributed by atoms with Crippen LogP contribution in [0, 0.1) is 18.6 Å². The smallest absolute Gasteiger partial charge is 0.266 e. The lowest BCUT2D eigenvalue weighted by atomic mass is 10.0. The maximum Gasteiger partial charge on any atom is 0.266 e. The van der Waals surface area contributed by atoms with E-state index in [2.05, 4.69) is 10.0 Å². The molecule has 1 heterocycles. The summed E-state index contributed by atoms with van der Waals surface area (Å²) in [5.41, 5.74) is 2.34. The maximum absolute atomic E-state index is 14.1. The van der Waals surface area contributed by atoms with Gasteiger partial charge in [-0.25, -0.2) is 17.2 Å². The summed E-state index contributed by atoms with van der Waals surface area (Å²) < 4.78 is 53.6. The molecule has 164 valence electrons. The molecule has 32 heavy (non-hydrogen) atoms. The first-order valence-electron chi connectivity index (χ1n) is 9.48. The first kappa shape index (κ1) is 21.9. The molecule has 0 fully saturated rings. The summed E-state index contributed by atoms with van der Waals surface area (Å²) >= 11 is 1.29. The summed E-state index contributed by atoms with van der Waals surface area (Å²) in [6.07, 6.45) is 1.07. The minimum Gasteiger partial charge on any atom is -0.321 e. The highest BCUT2D eigenvalue weighted by Crippen LogP contribution is 2.34. The number of thiophene rings is 1. The fourth-order valence-electron chi connectivity index (χ4n) is 3.39. The van der Waals surface area contributed by atoms with Crippen molar-refractivity contribution in [1.29, 1.82) is 0 Å². The number of fused-ring (bicyclic) bond motifs is 1. The lowest BCUT2D eigenvalue weighted by molar-refractivity contribution is 0.103. The number of carbonyl (C=O) groups excluding carboxylic acids is 1. The molecule has 0 bridgehead atoms. The van der Waals surface area contributed by atoms with Gasteiger partial charge in [-0.3, -0.25) is 9.52 Å². The third kappa shape index (κ3) is 4.63. The Hall–Kier alpha value is -3.30. The van der Waals surface area contributed by atoms with Gasteiger partial charge in [0, 0.05) is 27.7 Å². The van der Waals surface area contributed by atoms with E-state index in [9.17, 15) is 22.0 Å². The Morgan fingerprint density at radius 1 is 0.969 bits per heavy atom. The Labute approximate surface area is 187 Å². The van der Waals surface area contributed by atoms with Crippen molar-refractivity contribution >= 4 is 48.7 Å². The van der Waals surface area contributed by atoms with Gasteiger partial charge in [0.15, 0.2) is 0 Å². The first-order chi connectivity index (χ1) is 15.1. The van der Waals surface area contributed by atoms with Gasteiger partial charge in [-0.05, 0) is 65.9 Å². The highest BCUT2D eigenvalue weighted by Gasteiger charge is 2.17. The van der Waals surface area contributed by atoms with E-state index in [0.717, 1.165) is 28.0 Å². The van der Waals surface area contributed by atoms with Gasteiger partial charge >= 0.3 is 0 Å². The third-order valence-electron chi connectivity index (χ3n) is 4.81. The van der Waals surface area contributed by atoms with Crippen LogP contribution in [0.4, 0.5) is 20.2 Å². The fourth-order valence-corrected chi connectivity index (χ4v) is 5.03. The van der Waals surface area contributed by atoms with E-state index in [1.807, 2.05) is 0 Å². The minimum atomic E-state index is -3.41.